The van der Waals surface area contributed by atoms with E-state index in [-0.39, 0.29) is 11.7 Å². The minimum Gasteiger partial charge on any atom is -0.335 e. The third-order valence-corrected chi connectivity index (χ3v) is 6.96. The minimum atomic E-state index is -3.39. The lowest BCUT2D eigenvalue weighted by molar-refractivity contribution is 0.0692. The Balaban J connectivity index is 1.63. The van der Waals surface area contributed by atoms with Crippen molar-refractivity contribution in [3.63, 3.8) is 0 Å². The first-order chi connectivity index (χ1) is 11.9. The molecule has 0 spiro atoms. The molecule has 1 aromatic heterocycles. The first-order valence-electron chi connectivity index (χ1n) is 8.10. The van der Waals surface area contributed by atoms with Gasteiger partial charge in [0.2, 0.25) is 10.0 Å². The lowest BCUT2D eigenvalue weighted by Gasteiger charge is -2.33. The van der Waals surface area contributed by atoms with Crippen molar-refractivity contribution in [2.45, 2.75) is 19.6 Å². The van der Waals surface area contributed by atoms with Gasteiger partial charge in [0.05, 0.1) is 10.8 Å². The van der Waals surface area contributed by atoms with Crippen LogP contribution in [0.2, 0.25) is 0 Å². The van der Waals surface area contributed by atoms with Crippen LogP contribution < -0.4 is 0 Å². The maximum absolute atomic E-state index is 12.7. The van der Waals surface area contributed by atoms with Crippen molar-refractivity contribution in [1.82, 2.24) is 14.2 Å². The molecule has 134 valence electrons. The molecule has 0 saturated carbocycles. The van der Waals surface area contributed by atoms with Crippen LogP contribution in [0.15, 0.2) is 29.6 Å². The Kier molecular flexibility index (Phi) is 5.21. The number of amides is 1. The Morgan fingerprint density at radius 1 is 1.16 bits per heavy atom. The number of carbonyl (C=O) groups excluding carboxylic acids is 1. The average molecular weight is 380 g/mol. The molecule has 1 aliphatic rings. The van der Waals surface area contributed by atoms with Crippen LogP contribution in [0, 0.1) is 13.8 Å². The first kappa shape index (κ1) is 18.0. The van der Waals surface area contributed by atoms with Gasteiger partial charge in [-0.25, -0.2) is 13.4 Å². The average Bonchev–Trinajstić information content (AvgIpc) is 3.03. The van der Waals surface area contributed by atoms with Gasteiger partial charge in [0.15, 0.2) is 0 Å². The molecular formula is C17H21N3O3S2. The standard InChI is InChI=1S/C17H21N3O3S2/c1-13-5-3-4-6-15(13)12-25(22,23)20-9-7-19(8-10-20)17(21)16-11-24-14(2)18-16/h3-6,11H,7-10,12H2,1-2H3. The molecule has 0 radical (unpaired) electrons. The zero-order valence-corrected chi connectivity index (χ0v) is 15.9. The molecule has 25 heavy (non-hydrogen) atoms. The molecule has 3 rings (SSSR count). The largest absolute Gasteiger partial charge is 0.335 e. The predicted octanol–water partition coefficient (Wildman–Crippen LogP) is 2.05. The maximum Gasteiger partial charge on any atom is 0.273 e. The number of thiazole rings is 1. The molecule has 1 amide bonds. The van der Waals surface area contributed by atoms with E-state index in [0.29, 0.717) is 31.9 Å². The fourth-order valence-corrected chi connectivity index (χ4v) is 5.06. The summed E-state index contributed by atoms with van der Waals surface area (Å²) in [6.07, 6.45) is 0. The third kappa shape index (κ3) is 4.08. The molecule has 2 heterocycles. The number of sulfonamides is 1. The molecule has 0 aliphatic carbocycles. The van der Waals surface area contributed by atoms with Gasteiger partial charge in [-0.05, 0) is 25.0 Å². The van der Waals surface area contributed by atoms with E-state index in [1.54, 1.807) is 10.3 Å². The van der Waals surface area contributed by atoms with Gasteiger partial charge in [-0.15, -0.1) is 11.3 Å². The number of hydrogen-bond donors (Lipinski definition) is 0. The number of aryl methyl sites for hydroxylation is 2. The minimum absolute atomic E-state index is 0.00109. The molecule has 1 aromatic carbocycles. The van der Waals surface area contributed by atoms with E-state index in [4.69, 9.17) is 0 Å². The molecule has 8 heteroatoms. The predicted molar refractivity (Wildman–Crippen MR) is 98.1 cm³/mol. The van der Waals surface area contributed by atoms with Crippen molar-refractivity contribution in [2.75, 3.05) is 26.2 Å². The van der Waals surface area contributed by atoms with Crippen molar-refractivity contribution in [3.05, 3.63) is 51.5 Å². The molecule has 1 aliphatic heterocycles. The van der Waals surface area contributed by atoms with E-state index in [2.05, 4.69) is 4.98 Å². The maximum atomic E-state index is 12.7. The normalized spacial score (nSPS) is 16.2. The second-order valence-corrected chi connectivity index (χ2v) is 9.16. The molecule has 2 aromatic rings. The van der Waals surface area contributed by atoms with Gasteiger partial charge >= 0.3 is 0 Å². The SMILES string of the molecule is Cc1nc(C(=O)N2CCN(S(=O)(=O)Cc3ccccc3C)CC2)cs1. The number of carbonyl (C=O) groups is 1. The molecule has 0 N–H and O–H groups in total. The van der Waals surface area contributed by atoms with Crippen LogP contribution in [0.25, 0.3) is 0 Å². The van der Waals surface area contributed by atoms with E-state index >= 15 is 0 Å². The van der Waals surface area contributed by atoms with Gasteiger partial charge in [0.1, 0.15) is 5.69 Å². The van der Waals surface area contributed by atoms with Crippen LogP contribution in [0.5, 0.6) is 0 Å². The summed E-state index contributed by atoms with van der Waals surface area (Å²) in [5.41, 5.74) is 2.23. The molecule has 1 saturated heterocycles. The molecule has 0 bridgehead atoms. The number of piperazine rings is 1. The first-order valence-corrected chi connectivity index (χ1v) is 10.6. The Labute approximate surface area is 152 Å². The van der Waals surface area contributed by atoms with Crippen LogP contribution in [0.1, 0.15) is 26.6 Å². The van der Waals surface area contributed by atoms with Gasteiger partial charge in [-0.2, -0.15) is 4.31 Å². The summed E-state index contributed by atoms with van der Waals surface area (Å²) in [5, 5.41) is 2.60. The second kappa shape index (κ2) is 7.23. The van der Waals surface area contributed by atoms with Crippen molar-refractivity contribution in [2.24, 2.45) is 0 Å². The zero-order valence-electron chi connectivity index (χ0n) is 14.3. The number of benzene rings is 1. The zero-order chi connectivity index (χ0) is 18.0. The Morgan fingerprint density at radius 2 is 1.84 bits per heavy atom. The Morgan fingerprint density at radius 3 is 2.44 bits per heavy atom. The number of hydrogen-bond acceptors (Lipinski definition) is 5. The van der Waals surface area contributed by atoms with Crippen molar-refractivity contribution < 1.29 is 13.2 Å². The summed E-state index contributed by atoms with van der Waals surface area (Å²) >= 11 is 1.44. The lowest BCUT2D eigenvalue weighted by Crippen LogP contribution is -2.50. The molecule has 0 unspecified atom stereocenters. The topological polar surface area (TPSA) is 70.6 Å². The second-order valence-electron chi connectivity index (χ2n) is 6.13. The van der Waals surface area contributed by atoms with Crippen molar-refractivity contribution in [1.29, 1.82) is 0 Å². The van der Waals surface area contributed by atoms with Gasteiger partial charge < -0.3 is 4.90 Å². The highest BCUT2D eigenvalue weighted by atomic mass is 32.2. The van der Waals surface area contributed by atoms with E-state index < -0.39 is 10.0 Å². The van der Waals surface area contributed by atoms with E-state index in [9.17, 15) is 13.2 Å². The van der Waals surface area contributed by atoms with Crippen molar-refractivity contribution in [3.8, 4) is 0 Å². The molecule has 6 nitrogen and oxygen atoms in total. The quantitative estimate of drug-likeness (QED) is 0.815. The van der Waals surface area contributed by atoms with Gasteiger partial charge in [-0.1, -0.05) is 24.3 Å². The van der Waals surface area contributed by atoms with Crippen LogP contribution in [-0.2, 0) is 15.8 Å². The number of nitrogens with zero attached hydrogens (tertiary/aromatic N) is 3. The van der Waals surface area contributed by atoms with Gasteiger partial charge in [-0.3, -0.25) is 4.79 Å². The fourth-order valence-electron chi connectivity index (χ4n) is 2.85. The van der Waals surface area contributed by atoms with Crippen LogP contribution in [0.4, 0.5) is 0 Å². The molecular weight excluding hydrogens is 358 g/mol. The summed E-state index contributed by atoms with van der Waals surface area (Å²) in [6.45, 7) is 5.20. The monoisotopic (exact) mass is 379 g/mol. The third-order valence-electron chi connectivity index (χ3n) is 4.36. The summed E-state index contributed by atoms with van der Waals surface area (Å²) in [4.78, 5) is 18.3. The fraction of sp³-hybridized carbons (Fsp3) is 0.412. The molecule has 0 atom stereocenters. The molecule has 1 fully saturated rings. The highest BCUT2D eigenvalue weighted by Crippen LogP contribution is 2.18. The van der Waals surface area contributed by atoms with Gasteiger partial charge in [0.25, 0.3) is 5.91 Å². The summed E-state index contributed by atoms with van der Waals surface area (Å²) in [5.74, 6) is -0.126. The van der Waals surface area contributed by atoms with Crippen LogP contribution >= 0.6 is 11.3 Å². The van der Waals surface area contributed by atoms with E-state index in [0.717, 1.165) is 16.1 Å². The Hall–Kier alpha value is -1.77. The van der Waals surface area contributed by atoms with Crippen LogP contribution in [0.3, 0.4) is 0 Å². The highest BCUT2D eigenvalue weighted by molar-refractivity contribution is 7.88. The smallest absolute Gasteiger partial charge is 0.273 e. The van der Waals surface area contributed by atoms with Crippen molar-refractivity contribution >= 4 is 27.3 Å². The lowest BCUT2D eigenvalue weighted by atomic mass is 10.1. The Bertz CT molecular complexity index is 869. The number of aromatic nitrogens is 1. The summed E-state index contributed by atoms with van der Waals surface area (Å²) < 4.78 is 26.8. The van der Waals surface area contributed by atoms with E-state index in [1.165, 1.54) is 15.6 Å². The van der Waals surface area contributed by atoms with E-state index in [1.807, 2.05) is 38.1 Å². The summed E-state index contributed by atoms with van der Waals surface area (Å²) in [7, 11) is -3.39. The van der Waals surface area contributed by atoms with Crippen LogP contribution in [-0.4, -0.2) is 54.7 Å². The number of rotatable bonds is 4. The highest BCUT2D eigenvalue weighted by Gasteiger charge is 2.30. The van der Waals surface area contributed by atoms with Gasteiger partial charge in [0, 0.05) is 31.6 Å². The summed E-state index contributed by atoms with van der Waals surface area (Å²) in [6, 6.07) is 7.51.